The number of fused-ring (bicyclic) bond motifs is 8. The van der Waals surface area contributed by atoms with E-state index in [0.717, 1.165) is 5.69 Å². The summed E-state index contributed by atoms with van der Waals surface area (Å²) in [5.41, 5.74) is 10.9. The largest absolute Gasteiger partial charge is 0.309 e. The van der Waals surface area contributed by atoms with Crippen LogP contribution in [0.2, 0.25) is 0 Å². The van der Waals surface area contributed by atoms with Crippen molar-refractivity contribution in [2.24, 2.45) is 0 Å². The molecule has 0 saturated carbocycles. The van der Waals surface area contributed by atoms with Gasteiger partial charge in [0.25, 0.3) is 0 Å². The highest BCUT2D eigenvalue weighted by Crippen LogP contribution is 2.43. The predicted molar refractivity (Wildman–Crippen MR) is 201 cm³/mol. The van der Waals surface area contributed by atoms with Gasteiger partial charge < -0.3 is 9.13 Å². The monoisotopic (exact) mass is 616 g/mol. The zero-order valence-electron chi connectivity index (χ0n) is 25.5. The molecule has 47 heavy (non-hydrogen) atoms. The Hall–Kier alpha value is -5.90. The van der Waals surface area contributed by atoms with Gasteiger partial charge in [-0.25, -0.2) is 0 Å². The Morgan fingerprint density at radius 2 is 0.830 bits per heavy atom. The third-order valence-corrected chi connectivity index (χ3v) is 10.7. The first-order valence-corrected chi connectivity index (χ1v) is 16.8. The lowest BCUT2D eigenvalue weighted by molar-refractivity contribution is 1.15. The van der Waals surface area contributed by atoms with Crippen molar-refractivity contribution in [1.82, 2.24) is 9.13 Å². The van der Waals surface area contributed by atoms with Crippen LogP contribution >= 0.6 is 11.3 Å². The lowest BCUT2D eigenvalue weighted by Crippen LogP contribution is -1.96. The van der Waals surface area contributed by atoms with Gasteiger partial charge in [0.15, 0.2) is 0 Å². The number of rotatable bonds is 4. The highest BCUT2D eigenvalue weighted by molar-refractivity contribution is 7.25. The second-order valence-corrected chi connectivity index (χ2v) is 13.2. The fourth-order valence-electron chi connectivity index (χ4n) is 7.37. The van der Waals surface area contributed by atoms with E-state index in [9.17, 15) is 0 Å². The van der Waals surface area contributed by atoms with E-state index < -0.39 is 0 Å². The molecule has 7 aromatic carbocycles. The van der Waals surface area contributed by atoms with Gasteiger partial charge in [-0.05, 0) is 82.9 Å². The molecule has 10 rings (SSSR count). The molecule has 0 saturated heterocycles. The lowest BCUT2D eigenvalue weighted by Gasteiger charge is -2.11. The second kappa shape index (κ2) is 10.3. The van der Waals surface area contributed by atoms with Crippen molar-refractivity contribution < 1.29 is 0 Å². The number of para-hydroxylation sites is 1. The van der Waals surface area contributed by atoms with Crippen molar-refractivity contribution in [3.63, 3.8) is 0 Å². The molecular weight excluding hydrogens is 589 g/mol. The minimum absolute atomic E-state index is 1.15. The van der Waals surface area contributed by atoms with Gasteiger partial charge in [0, 0.05) is 43.0 Å². The van der Waals surface area contributed by atoms with Crippen molar-refractivity contribution in [2.45, 2.75) is 0 Å². The van der Waals surface area contributed by atoms with Crippen LogP contribution < -0.4 is 0 Å². The van der Waals surface area contributed by atoms with Gasteiger partial charge in [-0.2, -0.15) is 0 Å². The molecule has 0 spiro atoms. The molecular formula is C44H28N2S. The average Bonchev–Trinajstić information content (AvgIpc) is 3.79. The number of thiophene rings is 1. The molecule has 0 unspecified atom stereocenters. The van der Waals surface area contributed by atoms with Crippen molar-refractivity contribution in [3.8, 4) is 33.6 Å². The normalized spacial score (nSPS) is 11.8. The van der Waals surface area contributed by atoms with Crippen LogP contribution in [0.3, 0.4) is 0 Å². The molecule has 0 N–H and O–H groups in total. The number of hydrogen-bond acceptors (Lipinski definition) is 1. The number of nitrogens with zero attached hydrogens (tertiary/aromatic N) is 2. The second-order valence-electron chi connectivity index (χ2n) is 12.2. The highest BCUT2D eigenvalue weighted by Gasteiger charge is 2.18. The summed E-state index contributed by atoms with van der Waals surface area (Å²) in [6.07, 6.45) is 0. The fourth-order valence-corrected chi connectivity index (χ4v) is 8.62. The summed E-state index contributed by atoms with van der Waals surface area (Å²) >= 11 is 1.87. The van der Waals surface area contributed by atoms with Gasteiger partial charge in [0.1, 0.15) is 4.83 Å². The maximum atomic E-state index is 2.43. The van der Waals surface area contributed by atoms with Crippen LogP contribution in [0.5, 0.6) is 0 Å². The molecule has 3 heteroatoms. The van der Waals surface area contributed by atoms with Gasteiger partial charge in [-0.15, -0.1) is 11.3 Å². The first-order valence-electron chi connectivity index (χ1n) is 16.0. The van der Waals surface area contributed by atoms with Crippen molar-refractivity contribution in [2.75, 3.05) is 0 Å². The molecule has 0 fully saturated rings. The minimum Gasteiger partial charge on any atom is -0.309 e. The summed E-state index contributed by atoms with van der Waals surface area (Å²) in [4.78, 5) is 1.29. The van der Waals surface area contributed by atoms with Gasteiger partial charge in [-0.3, -0.25) is 0 Å². The van der Waals surface area contributed by atoms with E-state index in [0.29, 0.717) is 0 Å². The Morgan fingerprint density at radius 3 is 1.45 bits per heavy atom. The van der Waals surface area contributed by atoms with Crippen LogP contribution in [-0.2, 0) is 0 Å². The van der Waals surface area contributed by atoms with E-state index in [1.165, 1.54) is 81.0 Å². The van der Waals surface area contributed by atoms with E-state index >= 15 is 0 Å². The molecule has 3 aromatic heterocycles. The Kier molecular flexibility index (Phi) is 5.78. The summed E-state index contributed by atoms with van der Waals surface area (Å²) in [7, 11) is 0. The SMILES string of the molecule is c1ccc(-c2ccc3c(c2)c2cc(-c4ccccc4)ccc2n3-c2ccc(-n3c4ccccc4c4c5ccccc5sc43)cc2)cc1. The smallest absolute Gasteiger partial charge is 0.109 e. The molecule has 2 nitrogen and oxygen atoms in total. The molecule has 0 bridgehead atoms. The minimum atomic E-state index is 1.15. The molecule has 0 aliphatic carbocycles. The highest BCUT2D eigenvalue weighted by atomic mass is 32.1. The van der Waals surface area contributed by atoms with Gasteiger partial charge in [0.05, 0.1) is 16.6 Å². The Balaban J connectivity index is 1.18. The zero-order chi connectivity index (χ0) is 30.9. The number of hydrogen-bond donors (Lipinski definition) is 0. The Morgan fingerprint density at radius 1 is 0.340 bits per heavy atom. The summed E-state index contributed by atoms with van der Waals surface area (Å²) < 4.78 is 6.17. The van der Waals surface area contributed by atoms with Crippen molar-refractivity contribution in [1.29, 1.82) is 0 Å². The molecule has 3 heterocycles. The lowest BCUT2D eigenvalue weighted by atomic mass is 10.0. The van der Waals surface area contributed by atoms with E-state index in [-0.39, 0.29) is 0 Å². The van der Waals surface area contributed by atoms with Gasteiger partial charge in [-0.1, -0.05) is 109 Å². The standard InChI is InChI=1S/C44H28N2S/c1-3-11-29(12-4-1)31-19-25-40-37(27-31)38-28-32(30-13-5-2-6-14-30)20-26-41(38)45(40)33-21-23-34(24-22-33)46-39-17-9-7-15-35(39)43-36-16-8-10-18-42(36)47-44(43)46/h1-28H. The fraction of sp³-hybridized carbons (Fsp3) is 0. The molecule has 0 aliphatic heterocycles. The summed E-state index contributed by atoms with van der Waals surface area (Å²) in [5.74, 6) is 0. The van der Waals surface area contributed by atoms with Crippen LogP contribution in [0.25, 0.3) is 86.6 Å². The van der Waals surface area contributed by atoms with Gasteiger partial charge >= 0.3 is 0 Å². The molecule has 0 aliphatic rings. The topological polar surface area (TPSA) is 9.86 Å². The Bertz CT molecular complexity index is 2670. The average molecular weight is 617 g/mol. The first kappa shape index (κ1) is 26.3. The maximum absolute atomic E-state index is 2.43. The molecule has 0 amide bonds. The third-order valence-electron chi connectivity index (χ3n) is 9.54. The zero-order valence-corrected chi connectivity index (χ0v) is 26.3. The van der Waals surface area contributed by atoms with E-state index in [4.69, 9.17) is 0 Å². The predicted octanol–water partition coefficient (Wildman–Crippen LogP) is 12.4. The van der Waals surface area contributed by atoms with Gasteiger partial charge in [0.2, 0.25) is 0 Å². The van der Waals surface area contributed by atoms with E-state index in [2.05, 4.69) is 179 Å². The third kappa shape index (κ3) is 4.04. The molecule has 220 valence electrons. The summed E-state index contributed by atoms with van der Waals surface area (Å²) in [6.45, 7) is 0. The van der Waals surface area contributed by atoms with Crippen LogP contribution in [0.4, 0.5) is 0 Å². The quantitative estimate of drug-likeness (QED) is 0.186. The van der Waals surface area contributed by atoms with Crippen molar-refractivity contribution >= 4 is 64.3 Å². The van der Waals surface area contributed by atoms with Crippen molar-refractivity contribution in [3.05, 3.63) is 170 Å². The molecule has 0 atom stereocenters. The van der Waals surface area contributed by atoms with Crippen LogP contribution in [0.1, 0.15) is 0 Å². The number of aromatic nitrogens is 2. The van der Waals surface area contributed by atoms with Crippen LogP contribution in [-0.4, -0.2) is 9.13 Å². The molecule has 0 radical (unpaired) electrons. The maximum Gasteiger partial charge on any atom is 0.109 e. The summed E-state index contributed by atoms with van der Waals surface area (Å²) in [5, 5.41) is 6.48. The number of benzene rings is 7. The van der Waals surface area contributed by atoms with Crippen LogP contribution in [0, 0.1) is 0 Å². The van der Waals surface area contributed by atoms with E-state index in [1.54, 1.807) is 0 Å². The Labute approximate surface area is 276 Å². The first-order chi connectivity index (χ1) is 23.3. The molecule has 10 aromatic rings. The summed E-state index contributed by atoms with van der Waals surface area (Å²) in [6, 6.07) is 61.8. The van der Waals surface area contributed by atoms with Crippen LogP contribution in [0.15, 0.2) is 170 Å². The van der Waals surface area contributed by atoms with E-state index in [1.807, 2.05) is 11.3 Å².